The Bertz CT molecular complexity index is 443. The molecule has 18 heavy (non-hydrogen) atoms. The van der Waals surface area contributed by atoms with Gasteiger partial charge in [0.25, 0.3) is 0 Å². The number of rotatable bonds is 3. The number of fused-ring (bicyclic) bond motifs is 1. The molecule has 0 bridgehead atoms. The predicted octanol–water partition coefficient (Wildman–Crippen LogP) is 1.79. The molecule has 1 unspecified atom stereocenters. The SMILES string of the molecule is COC(=O)C(c1cccc2c1CCCO2)N(C)C. The Morgan fingerprint density at radius 3 is 2.89 bits per heavy atom. The third-order valence-electron chi connectivity index (χ3n) is 3.23. The molecule has 0 saturated heterocycles. The topological polar surface area (TPSA) is 38.8 Å². The van der Waals surface area contributed by atoms with Crippen molar-refractivity contribution in [3.63, 3.8) is 0 Å². The van der Waals surface area contributed by atoms with Crippen LogP contribution in [0.25, 0.3) is 0 Å². The lowest BCUT2D eigenvalue weighted by Gasteiger charge is -2.27. The van der Waals surface area contributed by atoms with Crippen molar-refractivity contribution in [3.05, 3.63) is 29.3 Å². The van der Waals surface area contributed by atoms with Gasteiger partial charge in [-0.15, -0.1) is 0 Å². The van der Waals surface area contributed by atoms with E-state index in [4.69, 9.17) is 9.47 Å². The van der Waals surface area contributed by atoms with E-state index >= 15 is 0 Å². The summed E-state index contributed by atoms with van der Waals surface area (Å²) in [5.41, 5.74) is 2.12. The number of nitrogens with zero attached hydrogens (tertiary/aromatic N) is 1. The average molecular weight is 249 g/mol. The van der Waals surface area contributed by atoms with Gasteiger partial charge in [-0.2, -0.15) is 0 Å². The maximum absolute atomic E-state index is 11.9. The zero-order valence-corrected chi connectivity index (χ0v) is 11.1. The van der Waals surface area contributed by atoms with Crippen molar-refractivity contribution in [1.29, 1.82) is 0 Å². The zero-order chi connectivity index (χ0) is 13.1. The molecule has 0 fully saturated rings. The Morgan fingerprint density at radius 1 is 1.44 bits per heavy atom. The van der Waals surface area contributed by atoms with E-state index in [2.05, 4.69) is 0 Å². The summed E-state index contributed by atoms with van der Waals surface area (Å²) in [6, 6.07) is 5.50. The van der Waals surface area contributed by atoms with Crippen LogP contribution in [0.2, 0.25) is 0 Å². The van der Waals surface area contributed by atoms with Crippen LogP contribution in [0.5, 0.6) is 5.75 Å². The van der Waals surface area contributed by atoms with Gasteiger partial charge in [0.15, 0.2) is 0 Å². The monoisotopic (exact) mass is 249 g/mol. The van der Waals surface area contributed by atoms with E-state index < -0.39 is 0 Å². The van der Waals surface area contributed by atoms with Crippen LogP contribution < -0.4 is 4.74 Å². The lowest BCUT2D eigenvalue weighted by atomic mass is 9.94. The highest BCUT2D eigenvalue weighted by Crippen LogP contribution is 2.33. The number of hydrogen-bond acceptors (Lipinski definition) is 4. The maximum Gasteiger partial charge on any atom is 0.327 e. The molecule has 1 aliphatic rings. The molecule has 1 aromatic rings. The molecular formula is C14H19NO3. The van der Waals surface area contributed by atoms with Crippen molar-refractivity contribution in [2.24, 2.45) is 0 Å². The lowest BCUT2D eigenvalue weighted by Crippen LogP contribution is -2.30. The van der Waals surface area contributed by atoms with Gasteiger partial charge in [0.05, 0.1) is 13.7 Å². The Balaban J connectivity index is 2.44. The summed E-state index contributed by atoms with van der Waals surface area (Å²) in [5.74, 6) is 0.661. The molecule has 1 heterocycles. The lowest BCUT2D eigenvalue weighted by molar-refractivity contribution is -0.146. The highest BCUT2D eigenvalue weighted by atomic mass is 16.5. The fourth-order valence-corrected chi connectivity index (χ4v) is 2.40. The van der Waals surface area contributed by atoms with Gasteiger partial charge in [0.2, 0.25) is 0 Å². The van der Waals surface area contributed by atoms with Gasteiger partial charge < -0.3 is 9.47 Å². The van der Waals surface area contributed by atoms with E-state index in [0.717, 1.165) is 36.3 Å². The molecule has 1 aromatic carbocycles. The van der Waals surface area contributed by atoms with E-state index in [1.165, 1.54) is 7.11 Å². The van der Waals surface area contributed by atoms with E-state index in [1.807, 2.05) is 37.2 Å². The number of methoxy groups -OCH3 is 1. The fourth-order valence-electron chi connectivity index (χ4n) is 2.40. The van der Waals surface area contributed by atoms with Gasteiger partial charge in [-0.05, 0) is 44.1 Å². The van der Waals surface area contributed by atoms with Gasteiger partial charge in [-0.1, -0.05) is 12.1 Å². The summed E-state index contributed by atoms with van der Waals surface area (Å²) < 4.78 is 10.5. The van der Waals surface area contributed by atoms with Crippen molar-refractivity contribution in [3.8, 4) is 5.75 Å². The Hall–Kier alpha value is -1.55. The molecule has 4 nitrogen and oxygen atoms in total. The molecule has 1 aliphatic heterocycles. The molecule has 0 spiro atoms. The van der Waals surface area contributed by atoms with Crippen molar-refractivity contribution < 1.29 is 14.3 Å². The molecule has 0 aliphatic carbocycles. The first-order valence-electron chi connectivity index (χ1n) is 6.14. The highest BCUT2D eigenvalue weighted by Gasteiger charge is 2.28. The minimum absolute atomic E-state index is 0.237. The number of carbonyl (C=O) groups is 1. The standard InChI is InChI=1S/C14H19NO3/c1-15(2)13(14(16)17-3)11-6-4-8-12-10(11)7-5-9-18-12/h4,6,8,13H,5,7,9H2,1-3H3. The molecule has 0 N–H and O–H groups in total. The minimum Gasteiger partial charge on any atom is -0.493 e. The van der Waals surface area contributed by atoms with Crippen LogP contribution in [-0.4, -0.2) is 38.7 Å². The van der Waals surface area contributed by atoms with Gasteiger partial charge in [0, 0.05) is 0 Å². The molecule has 1 atom stereocenters. The molecule has 0 aromatic heterocycles. The second kappa shape index (κ2) is 5.40. The number of likely N-dealkylation sites (N-methyl/N-ethyl adjacent to an activating group) is 1. The molecular weight excluding hydrogens is 230 g/mol. The van der Waals surface area contributed by atoms with Crippen molar-refractivity contribution in [2.75, 3.05) is 27.8 Å². The second-order valence-electron chi connectivity index (χ2n) is 4.67. The van der Waals surface area contributed by atoms with Crippen LogP contribution in [0.1, 0.15) is 23.6 Å². The summed E-state index contributed by atoms with van der Waals surface area (Å²) in [5, 5.41) is 0. The van der Waals surface area contributed by atoms with Crippen molar-refractivity contribution in [2.45, 2.75) is 18.9 Å². The summed E-state index contributed by atoms with van der Waals surface area (Å²) in [6.45, 7) is 0.751. The van der Waals surface area contributed by atoms with Crippen molar-refractivity contribution in [1.82, 2.24) is 4.90 Å². The summed E-state index contributed by atoms with van der Waals surface area (Å²) in [4.78, 5) is 13.8. The summed E-state index contributed by atoms with van der Waals surface area (Å²) in [7, 11) is 5.18. The van der Waals surface area contributed by atoms with E-state index in [0.29, 0.717) is 0 Å². The summed E-state index contributed by atoms with van der Waals surface area (Å²) in [6.07, 6.45) is 1.94. The normalized spacial score (nSPS) is 15.8. The third kappa shape index (κ3) is 2.34. The van der Waals surface area contributed by atoms with Crippen LogP contribution in [0.15, 0.2) is 18.2 Å². The van der Waals surface area contributed by atoms with Gasteiger partial charge in [-0.25, -0.2) is 4.79 Å². The second-order valence-corrected chi connectivity index (χ2v) is 4.67. The zero-order valence-electron chi connectivity index (χ0n) is 11.1. The first-order valence-corrected chi connectivity index (χ1v) is 6.14. The number of ether oxygens (including phenoxy) is 2. The first-order chi connectivity index (χ1) is 8.65. The van der Waals surface area contributed by atoms with Crippen LogP contribution >= 0.6 is 0 Å². The van der Waals surface area contributed by atoms with Crippen LogP contribution in [-0.2, 0) is 16.0 Å². The van der Waals surface area contributed by atoms with Crippen molar-refractivity contribution >= 4 is 5.97 Å². The van der Waals surface area contributed by atoms with E-state index in [9.17, 15) is 4.79 Å². The quantitative estimate of drug-likeness (QED) is 0.766. The van der Waals surface area contributed by atoms with Gasteiger partial charge >= 0.3 is 5.97 Å². The van der Waals surface area contributed by atoms with Crippen LogP contribution in [0.3, 0.4) is 0 Å². The van der Waals surface area contributed by atoms with Gasteiger partial charge in [0.1, 0.15) is 11.8 Å². The summed E-state index contributed by atoms with van der Waals surface area (Å²) >= 11 is 0. The predicted molar refractivity (Wildman–Crippen MR) is 68.7 cm³/mol. The molecule has 0 radical (unpaired) electrons. The first kappa shape index (κ1) is 12.9. The minimum atomic E-state index is -0.369. The Kier molecular flexibility index (Phi) is 3.87. The average Bonchev–Trinajstić information content (AvgIpc) is 2.38. The van der Waals surface area contributed by atoms with Gasteiger partial charge in [-0.3, -0.25) is 4.90 Å². The number of esters is 1. The van der Waals surface area contributed by atoms with Crippen LogP contribution in [0, 0.1) is 0 Å². The molecule has 98 valence electrons. The number of hydrogen-bond donors (Lipinski definition) is 0. The third-order valence-corrected chi connectivity index (χ3v) is 3.23. The van der Waals surface area contributed by atoms with E-state index in [1.54, 1.807) is 0 Å². The highest BCUT2D eigenvalue weighted by molar-refractivity contribution is 5.78. The molecule has 0 amide bonds. The largest absolute Gasteiger partial charge is 0.493 e. The fraction of sp³-hybridized carbons (Fsp3) is 0.500. The molecule has 2 rings (SSSR count). The molecule has 0 saturated carbocycles. The molecule has 4 heteroatoms. The number of benzene rings is 1. The Labute approximate surface area is 107 Å². The van der Waals surface area contributed by atoms with Crippen LogP contribution in [0.4, 0.5) is 0 Å². The number of carbonyl (C=O) groups excluding carboxylic acids is 1. The Morgan fingerprint density at radius 2 is 2.22 bits per heavy atom. The smallest absolute Gasteiger partial charge is 0.327 e. The van der Waals surface area contributed by atoms with E-state index in [-0.39, 0.29) is 12.0 Å². The maximum atomic E-state index is 11.9.